The Labute approximate surface area is 112 Å². The van der Waals surface area contributed by atoms with E-state index in [4.69, 9.17) is 4.74 Å². The SMILES string of the molecule is COc1ccnc(N2CCC(n3cc(C)cn3)C2)n1. The fraction of sp³-hybridized carbons (Fsp3) is 0.462. The van der Waals surface area contributed by atoms with Crippen molar-refractivity contribution < 1.29 is 4.74 Å². The predicted octanol–water partition coefficient (Wildman–Crippen LogP) is 1.44. The van der Waals surface area contributed by atoms with Crippen LogP contribution in [0.3, 0.4) is 0 Å². The Kier molecular flexibility index (Phi) is 3.06. The molecule has 1 aliphatic rings. The topological polar surface area (TPSA) is 56.1 Å². The summed E-state index contributed by atoms with van der Waals surface area (Å²) in [5, 5.41) is 4.38. The summed E-state index contributed by atoms with van der Waals surface area (Å²) in [4.78, 5) is 10.8. The van der Waals surface area contributed by atoms with Crippen LogP contribution in [-0.2, 0) is 0 Å². The molecule has 1 aliphatic heterocycles. The smallest absolute Gasteiger partial charge is 0.228 e. The molecule has 1 saturated heterocycles. The number of rotatable bonds is 3. The van der Waals surface area contributed by atoms with E-state index in [1.807, 2.05) is 10.9 Å². The monoisotopic (exact) mass is 259 g/mol. The number of anilines is 1. The first kappa shape index (κ1) is 12.0. The lowest BCUT2D eigenvalue weighted by atomic mass is 10.3. The van der Waals surface area contributed by atoms with Crippen LogP contribution in [-0.4, -0.2) is 39.9 Å². The van der Waals surface area contributed by atoms with Gasteiger partial charge in [-0.05, 0) is 18.9 Å². The quantitative estimate of drug-likeness (QED) is 0.835. The highest BCUT2D eigenvalue weighted by Crippen LogP contribution is 2.25. The number of nitrogens with zero attached hydrogens (tertiary/aromatic N) is 5. The average Bonchev–Trinajstić information content (AvgIpc) is 3.07. The van der Waals surface area contributed by atoms with E-state index in [1.165, 1.54) is 5.56 Å². The number of aryl methyl sites for hydroxylation is 1. The maximum absolute atomic E-state index is 5.13. The molecule has 0 spiro atoms. The number of hydrogen-bond donors (Lipinski definition) is 0. The van der Waals surface area contributed by atoms with Crippen molar-refractivity contribution in [2.75, 3.05) is 25.1 Å². The van der Waals surface area contributed by atoms with Gasteiger partial charge in [0, 0.05) is 31.5 Å². The lowest BCUT2D eigenvalue weighted by molar-refractivity contribution is 0.396. The Morgan fingerprint density at radius 2 is 2.32 bits per heavy atom. The Morgan fingerprint density at radius 3 is 3.05 bits per heavy atom. The van der Waals surface area contributed by atoms with Crippen LogP contribution in [0.25, 0.3) is 0 Å². The molecule has 6 nitrogen and oxygen atoms in total. The Morgan fingerprint density at radius 1 is 1.42 bits per heavy atom. The summed E-state index contributed by atoms with van der Waals surface area (Å²) in [6.45, 7) is 3.88. The molecule has 100 valence electrons. The molecule has 0 N–H and O–H groups in total. The van der Waals surface area contributed by atoms with Crippen LogP contribution >= 0.6 is 0 Å². The molecule has 6 heteroatoms. The van der Waals surface area contributed by atoms with Crippen LogP contribution in [0, 0.1) is 6.92 Å². The second-order valence-corrected chi connectivity index (χ2v) is 4.79. The number of ether oxygens (including phenoxy) is 1. The molecule has 1 fully saturated rings. The van der Waals surface area contributed by atoms with Gasteiger partial charge in [0.1, 0.15) is 0 Å². The summed E-state index contributed by atoms with van der Waals surface area (Å²) in [5.74, 6) is 1.33. The van der Waals surface area contributed by atoms with Crippen LogP contribution in [0.1, 0.15) is 18.0 Å². The van der Waals surface area contributed by atoms with Crippen LogP contribution in [0.2, 0.25) is 0 Å². The van der Waals surface area contributed by atoms with Crippen molar-refractivity contribution in [3.05, 3.63) is 30.2 Å². The number of aromatic nitrogens is 4. The van der Waals surface area contributed by atoms with Gasteiger partial charge in [-0.15, -0.1) is 0 Å². The molecule has 0 bridgehead atoms. The van der Waals surface area contributed by atoms with Gasteiger partial charge in [0.05, 0.1) is 19.3 Å². The molecule has 1 unspecified atom stereocenters. The zero-order chi connectivity index (χ0) is 13.2. The van der Waals surface area contributed by atoms with E-state index in [2.05, 4.69) is 33.1 Å². The predicted molar refractivity (Wildman–Crippen MR) is 71.4 cm³/mol. The van der Waals surface area contributed by atoms with Gasteiger partial charge in [-0.2, -0.15) is 10.1 Å². The van der Waals surface area contributed by atoms with Gasteiger partial charge in [-0.3, -0.25) is 4.68 Å². The van der Waals surface area contributed by atoms with Crippen molar-refractivity contribution in [2.24, 2.45) is 0 Å². The fourth-order valence-electron chi connectivity index (χ4n) is 2.37. The summed E-state index contributed by atoms with van der Waals surface area (Å²) in [7, 11) is 1.62. The van der Waals surface area contributed by atoms with Crippen LogP contribution in [0.4, 0.5) is 5.95 Å². The molecule has 0 aromatic carbocycles. The molecule has 0 saturated carbocycles. The fourth-order valence-corrected chi connectivity index (χ4v) is 2.37. The van der Waals surface area contributed by atoms with E-state index in [0.29, 0.717) is 11.9 Å². The summed E-state index contributed by atoms with van der Waals surface area (Å²) < 4.78 is 7.17. The zero-order valence-electron chi connectivity index (χ0n) is 11.2. The molecule has 3 rings (SSSR count). The maximum atomic E-state index is 5.13. The first-order chi connectivity index (χ1) is 9.26. The zero-order valence-corrected chi connectivity index (χ0v) is 11.2. The van der Waals surface area contributed by atoms with E-state index < -0.39 is 0 Å². The normalized spacial score (nSPS) is 18.8. The van der Waals surface area contributed by atoms with Crippen molar-refractivity contribution in [2.45, 2.75) is 19.4 Å². The summed E-state index contributed by atoms with van der Waals surface area (Å²) in [6, 6.07) is 2.15. The largest absolute Gasteiger partial charge is 0.481 e. The average molecular weight is 259 g/mol. The lowest BCUT2D eigenvalue weighted by Crippen LogP contribution is -2.23. The lowest BCUT2D eigenvalue weighted by Gasteiger charge is -2.16. The molecule has 2 aromatic rings. The highest BCUT2D eigenvalue weighted by Gasteiger charge is 2.26. The second kappa shape index (κ2) is 4.87. The minimum atomic E-state index is 0.392. The van der Waals surface area contributed by atoms with Gasteiger partial charge in [0.2, 0.25) is 11.8 Å². The van der Waals surface area contributed by atoms with Crippen molar-refractivity contribution >= 4 is 5.95 Å². The Balaban J connectivity index is 1.74. The van der Waals surface area contributed by atoms with Crippen molar-refractivity contribution in [1.29, 1.82) is 0 Å². The molecule has 1 atom stereocenters. The minimum absolute atomic E-state index is 0.392. The first-order valence-corrected chi connectivity index (χ1v) is 6.39. The summed E-state index contributed by atoms with van der Waals surface area (Å²) in [6.07, 6.45) is 6.76. The highest BCUT2D eigenvalue weighted by molar-refractivity contribution is 5.33. The van der Waals surface area contributed by atoms with Gasteiger partial charge in [-0.25, -0.2) is 4.98 Å². The molecule has 19 heavy (non-hydrogen) atoms. The van der Waals surface area contributed by atoms with Gasteiger partial charge in [0.15, 0.2) is 0 Å². The van der Waals surface area contributed by atoms with Gasteiger partial charge in [-0.1, -0.05) is 0 Å². The molecule has 0 aliphatic carbocycles. The summed E-state index contributed by atoms with van der Waals surface area (Å²) in [5.41, 5.74) is 1.19. The van der Waals surface area contributed by atoms with E-state index in [1.54, 1.807) is 19.4 Å². The third kappa shape index (κ3) is 2.38. The first-order valence-electron chi connectivity index (χ1n) is 6.39. The van der Waals surface area contributed by atoms with Gasteiger partial charge >= 0.3 is 0 Å². The molecule has 0 radical (unpaired) electrons. The van der Waals surface area contributed by atoms with E-state index in [0.717, 1.165) is 25.5 Å². The van der Waals surface area contributed by atoms with Gasteiger partial charge in [0.25, 0.3) is 0 Å². The Hall–Kier alpha value is -2.11. The molecule has 3 heterocycles. The Bertz CT molecular complexity index is 568. The van der Waals surface area contributed by atoms with Crippen molar-refractivity contribution in [1.82, 2.24) is 19.7 Å². The molecule has 2 aromatic heterocycles. The molecule has 0 amide bonds. The van der Waals surface area contributed by atoms with Gasteiger partial charge < -0.3 is 9.64 Å². The van der Waals surface area contributed by atoms with E-state index in [9.17, 15) is 0 Å². The van der Waals surface area contributed by atoms with Crippen LogP contribution in [0.5, 0.6) is 5.88 Å². The maximum Gasteiger partial charge on any atom is 0.228 e. The van der Waals surface area contributed by atoms with E-state index >= 15 is 0 Å². The third-order valence-electron chi connectivity index (χ3n) is 3.38. The second-order valence-electron chi connectivity index (χ2n) is 4.79. The van der Waals surface area contributed by atoms with Crippen molar-refractivity contribution in [3.63, 3.8) is 0 Å². The van der Waals surface area contributed by atoms with Crippen molar-refractivity contribution in [3.8, 4) is 5.88 Å². The standard InChI is InChI=1S/C13H17N5O/c1-10-7-15-18(8-10)11-4-6-17(9-11)13-14-5-3-12(16-13)19-2/h3,5,7-8,11H,4,6,9H2,1-2H3. The molecular weight excluding hydrogens is 242 g/mol. The third-order valence-corrected chi connectivity index (χ3v) is 3.38. The number of hydrogen-bond acceptors (Lipinski definition) is 5. The minimum Gasteiger partial charge on any atom is -0.481 e. The van der Waals surface area contributed by atoms with Crippen LogP contribution in [0.15, 0.2) is 24.7 Å². The van der Waals surface area contributed by atoms with E-state index in [-0.39, 0.29) is 0 Å². The van der Waals surface area contributed by atoms with Crippen LogP contribution < -0.4 is 9.64 Å². The summed E-state index contributed by atoms with van der Waals surface area (Å²) >= 11 is 0. The highest BCUT2D eigenvalue weighted by atomic mass is 16.5. The number of methoxy groups -OCH3 is 1. The molecular formula is C13H17N5O.